The molecule has 2 heterocycles. The molecule has 0 radical (unpaired) electrons. The van der Waals surface area contributed by atoms with Crippen molar-refractivity contribution in [3.8, 4) is 5.75 Å². The zero-order chi connectivity index (χ0) is 19.2. The number of aryl methyl sites for hydroxylation is 1. The Hall–Kier alpha value is -2.51. The van der Waals surface area contributed by atoms with E-state index in [1.165, 1.54) is 11.8 Å². The van der Waals surface area contributed by atoms with Crippen molar-refractivity contribution in [1.82, 2.24) is 10.1 Å². The van der Waals surface area contributed by atoms with Crippen LogP contribution in [-0.2, 0) is 17.1 Å². The van der Waals surface area contributed by atoms with Crippen LogP contribution < -0.4 is 4.74 Å². The summed E-state index contributed by atoms with van der Waals surface area (Å²) >= 11 is 7.40. The van der Waals surface area contributed by atoms with E-state index in [0.29, 0.717) is 32.7 Å². The van der Waals surface area contributed by atoms with Crippen molar-refractivity contribution in [3.05, 3.63) is 70.2 Å². The van der Waals surface area contributed by atoms with Gasteiger partial charge >= 0.3 is 5.97 Å². The largest absolute Gasteiger partial charge is 0.496 e. The molecule has 0 aliphatic carbocycles. The maximum absolute atomic E-state index is 12.6. The third-order valence-electron chi connectivity index (χ3n) is 3.63. The molecule has 0 unspecified atom stereocenters. The zero-order valence-corrected chi connectivity index (χ0v) is 16.3. The Kier molecular flexibility index (Phi) is 6.36. The molecule has 0 atom stereocenters. The molecule has 0 spiro atoms. The zero-order valence-electron chi connectivity index (χ0n) is 14.8. The minimum atomic E-state index is -0.469. The quantitative estimate of drug-likeness (QED) is 0.417. The molecular weight excluding hydrogens is 388 g/mol. The minimum absolute atomic E-state index is 0.0457. The Labute approximate surface area is 165 Å². The molecule has 0 amide bonds. The molecule has 0 aliphatic heterocycles. The summed E-state index contributed by atoms with van der Waals surface area (Å²) < 4.78 is 15.8. The molecule has 0 bridgehead atoms. The van der Waals surface area contributed by atoms with Crippen molar-refractivity contribution in [3.63, 3.8) is 0 Å². The second-order valence-electron chi connectivity index (χ2n) is 5.61. The number of hydrogen-bond acceptors (Lipinski definition) is 7. The van der Waals surface area contributed by atoms with E-state index in [0.717, 1.165) is 11.5 Å². The van der Waals surface area contributed by atoms with Crippen LogP contribution in [0.4, 0.5) is 0 Å². The van der Waals surface area contributed by atoms with Crippen molar-refractivity contribution in [2.75, 3.05) is 7.11 Å². The van der Waals surface area contributed by atoms with Crippen LogP contribution >= 0.6 is 23.4 Å². The number of rotatable bonds is 7. The number of carbonyl (C=O) groups is 1. The lowest BCUT2D eigenvalue weighted by Crippen LogP contribution is -2.08. The summed E-state index contributed by atoms with van der Waals surface area (Å²) in [5.74, 6) is 1.41. The van der Waals surface area contributed by atoms with Gasteiger partial charge in [-0.3, -0.25) is 0 Å². The highest BCUT2D eigenvalue weighted by molar-refractivity contribution is 7.98. The Balaban J connectivity index is 1.69. The number of halogens is 1. The van der Waals surface area contributed by atoms with Gasteiger partial charge in [-0.2, -0.15) is 0 Å². The van der Waals surface area contributed by atoms with Crippen molar-refractivity contribution >= 4 is 29.3 Å². The summed E-state index contributed by atoms with van der Waals surface area (Å²) in [6.45, 7) is 1.87. The maximum atomic E-state index is 12.6. The first-order valence-corrected chi connectivity index (χ1v) is 9.42. The summed E-state index contributed by atoms with van der Waals surface area (Å²) in [5.41, 5.74) is 1.87. The van der Waals surface area contributed by atoms with Gasteiger partial charge in [0, 0.05) is 28.6 Å². The van der Waals surface area contributed by atoms with Gasteiger partial charge in [-0.05, 0) is 37.3 Å². The molecule has 6 nitrogen and oxygen atoms in total. The van der Waals surface area contributed by atoms with Crippen LogP contribution in [0.2, 0.25) is 5.02 Å². The first-order chi connectivity index (χ1) is 13.1. The van der Waals surface area contributed by atoms with Crippen LogP contribution in [0.1, 0.15) is 27.4 Å². The third-order valence-corrected chi connectivity index (χ3v) is 4.90. The molecule has 0 saturated carbocycles. The molecule has 0 aliphatic rings. The van der Waals surface area contributed by atoms with E-state index in [1.54, 1.807) is 43.6 Å². The van der Waals surface area contributed by atoms with Crippen molar-refractivity contribution in [1.29, 1.82) is 0 Å². The first kappa shape index (κ1) is 19.3. The van der Waals surface area contributed by atoms with E-state index >= 15 is 0 Å². The van der Waals surface area contributed by atoms with Gasteiger partial charge in [-0.15, -0.1) is 0 Å². The average Bonchev–Trinajstić information content (AvgIpc) is 3.10. The van der Waals surface area contributed by atoms with Crippen LogP contribution in [0.25, 0.3) is 0 Å². The molecule has 0 saturated heterocycles. The lowest BCUT2D eigenvalue weighted by atomic mass is 10.2. The monoisotopic (exact) mass is 404 g/mol. The fourth-order valence-corrected chi connectivity index (χ4v) is 3.43. The fraction of sp³-hybridized carbons (Fsp3) is 0.211. The molecule has 140 valence electrons. The molecule has 2 aromatic heterocycles. The minimum Gasteiger partial charge on any atom is -0.496 e. The van der Waals surface area contributed by atoms with Crippen LogP contribution in [-0.4, -0.2) is 23.2 Å². The molecule has 3 rings (SSSR count). The summed E-state index contributed by atoms with van der Waals surface area (Å²) in [4.78, 5) is 16.8. The lowest BCUT2D eigenvalue weighted by Gasteiger charge is -2.11. The van der Waals surface area contributed by atoms with E-state index in [9.17, 15) is 4.79 Å². The number of ether oxygens (including phenoxy) is 2. The Morgan fingerprint density at radius 2 is 2.15 bits per heavy atom. The summed E-state index contributed by atoms with van der Waals surface area (Å²) in [5, 5.41) is 5.06. The summed E-state index contributed by atoms with van der Waals surface area (Å²) in [6.07, 6.45) is 1.63. The first-order valence-electron chi connectivity index (χ1n) is 8.06. The van der Waals surface area contributed by atoms with Crippen molar-refractivity contribution in [2.45, 2.75) is 24.3 Å². The van der Waals surface area contributed by atoms with Crippen LogP contribution in [0.15, 0.2) is 52.1 Å². The number of pyridine rings is 1. The second kappa shape index (κ2) is 8.92. The van der Waals surface area contributed by atoms with Gasteiger partial charge in [-0.25, -0.2) is 9.78 Å². The number of thioether (sulfide) groups is 1. The number of esters is 1. The van der Waals surface area contributed by atoms with E-state index in [1.807, 2.05) is 13.0 Å². The highest BCUT2D eigenvalue weighted by Crippen LogP contribution is 2.26. The smallest absolute Gasteiger partial charge is 0.341 e. The molecule has 0 fully saturated rings. The topological polar surface area (TPSA) is 74.5 Å². The third kappa shape index (κ3) is 5.02. The van der Waals surface area contributed by atoms with E-state index in [2.05, 4.69) is 10.1 Å². The Bertz CT molecular complexity index is 945. The standard InChI is InChI=1S/C19H17ClN2O4S/c1-12-8-15(22-26-12)11-27-18-16(4-3-7-21-18)19(23)25-10-13-9-14(20)5-6-17(13)24-2/h3-9H,10-11H2,1-2H3. The number of benzene rings is 1. The number of aromatic nitrogens is 2. The number of methoxy groups -OCH3 is 1. The van der Waals surface area contributed by atoms with Gasteiger partial charge in [0.25, 0.3) is 0 Å². The normalized spacial score (nSPS) is 10.6. The van der Waals surface area contributed by atoms with Gasteiger partial charge in [-0.1, -0.05) is 28.5 Å². The maximum Gasteiger partial charge on any atom is 0.341 e. The highest BCUT2D eigenvalue weighted by atomic mass is 35.5. The molecule has 3 aromatic rings. The van der Waals surface area contributed by atoms with Crippen LogP contribution in [0, 0.1) is 6.92 Å². The van der Waals surface area contributed by atoms with Crippen LogP contribution in [0.3, 0.4) is 0 Å². The van der Waals surface area contributed by atoms with Gasteiger partial charge in [0.15, 0.2) is 0 Å². The van der Waals surface area contributed by atoms with Gasteiger partial charge < -0.3 is 14.0 Å². The van der Waals surface area contributed by atoms with Crippen molar-refractivity contribution < 1.29 is 18.8 Å². The second-order valence-corrected chi connectivity index (χ2v) is 7.01. The van der Waals surface area contributed by atoms with Gasteiger partial charge in [0.2, 0.25) is 0 Å². The SMILES string of the molecule is COc1ccc(Cl)cc1COC(=O)c1cccnc1SCc1cc(C)on1. The molecular formula is C19H17ClN2O4S. The van der Waals surface area contributed by atoms with E-state index in [4.69, 9.17) is 25.6 Å². The average molecular weight is 405 g/mol. The van der Waals surface area contributed by atoms with E-state index in [-0.39, 0.29) is 6.61 Å². The van der Waals surface area contributed by atoms with E-state index < -0.39 is 5.97 Å². The van der Waals surface area contributed by atoms with Gasteiger partial charge in [0.05, 0.1) is 18.4 Å². The predicted octanol–water partition coefficient (Wildman–Crippen LogP) is 4.69. The molecule has 8 heteroatoms. The van der Waals surface area contributed by atoms with Gasteiger partial charge in [0.1, 0.15) is 23.1 Å². The number of hydrogen-bond donors (Lipinski definition) is 0. The predicted molar refractivity (Wildman–Crippen MR) is 102 cm³/mol. The molecule has 1 aromatic carbocycles. The number of nitrogens with zero attached hydrogens (tertiary/aromatic N) is 2. The lowest BCUT2D eigenvalue weighted by molar-refractivity contribution is 0.0465. The Morgan fingerprint density at radius 3 is 2.89 bits per heavy atom. The Morgan fingerprint density at radius 1 is 1.30 bits per heavy atom. The number of carbonyl (C=O) groups excluding carboxylic acids is 1. The molecule has 0 N–H and O–H groups in total. The highest BCUT2D eigenvalue weighted by Gasteiger charge is 2.16. The molecule has 27 heavy (non-hydrogen) atoms. The summed E-state index contributed by atoms with van der Waals surface area (Å²) in [6, 6.07) is 10.4. The van der Waals surface area contributed by atoms with Crippen molar-refractivity contribution in [2.24, 2.45) is 0 Å². The van der Waals surface area contributed by atoms with Crippen LogP contribution in [0.5, 0.6) is 5.75 Å². The summed E-state index contributed by atoms with van der Waals surface area (Å²) in [7, 11) is 1.55. The fourth-order valence-electron chi connectivity index (χ4n) is 2.37.